The van der Waals surface area contributed by atoms with E-state index >= 15 is 0 Å². The van der Waals surface area contributed by atoms with E-state index in [0.717, 1.165) is 6.54 Å². The van der Waals surface area contributed by atoms with Gasteiger partial charge in [0.1, 0.15) is 0 Å². The minimum absolute atomic E-state index is 1.07. The molecule has 1 aliphatic heterocycles. The van der Waals surface area contributed by atoms with E-state index in [1.807, 2.05) is 0 Å². The van der Waals surface area contributed by atoms with E-state index < -0.39 is 0 Å². The summed E-state index contributed by atoms with van der Waals surface area (Å²) in [5, 5.41) is 0. The van der Waals surface area contributed by atoms with Crippen LogP contribution >= 0.6 is 0 Å². The lowest BCUT2D eigenvalue weighted by Crippen LogP contribution is -2.46. The third-order valence-electron chi connectivity index (χ3n) is 5.90. The first-order valence-electron chi connectivity index (χ1n) is 11.0. The SMILES string of the molecule is CCCCCCN1CCN(CC=C(C)c2ccc(-c3ccccc3)cc2)CC1. The maximum absolute atomic E-state index is 2.64. The maximum Gasteiger partial charge on any atom is 0.0170 e. The van der Waals surface area contributed by atoms with Crippen molar-refractivity contribution in [2.45, 2.75) is 39.5 Å². The Labute approximate surface area is 171 Å². The first-order chi connectivity index (χ1) is 13.8. The molecule has 0 bridgehead atoms. The van der Waals surface area contributed by atoms with Crippen molar-refractivity contribution in [3.63, 3.8) is 0 Å². The molecule has 0 spiro atoms. The lowest BCUT2D eigenvalue weighted by atomic mass is 10.0. The number of rotatable bonds is 9. The largest absolute Gasteiger partial charge is 0.301 e. The lowest BCUT2D eigenvalue weighted by molar-refractivity contribution is 0.140. The Balaban J connectivity index is 1.45. The summed E-state index contributed by atoms with van der Waals surface area (Å²) in [4.78, 5) is 5.23. The van der Waals surface area contributed by atoms with Crippen LogP contribution in [0.2, 0.25) is 0 Å². The molecule has 2 nitrogen and oxygen atoms in total. The summed E-state index contributed by atoms with van der Waals surface area (Å²) in [7, 11) is 0. The van der Waals surface area contributed by atoms with Crippen molar-refractivity contribution >= 4 is 5.57 Å². The number of hydrogen-bond acceptors (Lipinski definition) is 2. The molecule has 1 fully saturated rings. The molecule has 0 unspecified atom stereocenters. The molecule has 1 aliphatic rings. The number of piperazine rings is 1. The summed E-state index contributed by atoms with van der Waals surface area (Å²) in [6.45, 7) is 11.7. The van der Waals surface area contributed by atoms with E-state index in [9.17, 15) is 0 Å². The standard InChI is InChI=1S/C26H36N2/c1-3-4-5-9-17-27-19-21-28(22-20-27)18-16-23(2)24-12-14-26(15-13-24)25-10-7-6-8-11-25/h6-8,10-16H,3-5,9,17-22H2,1-2H3. The zero-order chi connectivity index (χ0) is 19.6. The minimum Gasteiger partial charge on any atom is -0.301 e. The van der Waals surface area contributed by atoms with Gasteiger partial charge in [-0.2, -0.15) is 0 Å². The quantitative estimate of drug-likeness (QED) is 0.499. The van der Waals surface area contributed by atoms with Crippen molar-refractivity contribution in [3.8, 4) is 11.1 Å². The minimum atomic E-state index is 1.07. The van der Waals surface area contributed by atoms with E-state index in [1.54, 1.807) is 0 Å². The molecule has 150 valence electrons. The van der Waals surface area contributed by atoms with Crippen LogP contribution < -0.4 is 0 Å². The van der Waals surface area contributed by atoms with Crippen LogP contribution in [0.4, 0.5) is 0 Å². The zero-order valence-electron chi connectivity index (χ0n) is 17.7. The predicted octanol–water partition coefficient (Wildman–Crippen LogP) is 5.95. The first-order valence-corrected chi connectivity index (χ1v) is 11.0. The van der Waals surface area contributed by atoms with Gasteiger partial charge in [-0.05, 0) is 42.2 Å². The second-order valence-electron chi connectivity index (χ2n) is 8.03. The lowest BCUT2D eigenvalue weighted by Gasteiger charge is -2.34. The van der Waals surface area contributed by atoms with Gasteiger partial charge in [-0.1, -0.05) is 86.9 Å². The van der Waals surface area contributed by atoms with E-state index in [4.69, 9.17) is 0 Å². The third-order valence-corrected chi connectivity index (χ3v) is 5.90. The Morgan fingerprint density at radius 1 is 0.786 bits per heavy atom. The average Bonchev–Trinajstić information content (AvgIpc) is 2.76. The van der Waals surface area contributed by atoms with Crippen LogP contribution in [0.15, 0.2) is 60.7 Å². The van der Waals surface area contributed by atoms with E-state index in [-0.39, 0.29) is 0 Å². The summed E-state index contributed by atoms with van der Waals surface area (Å²) in [6, 6.07) is 19.6. The van der Waals surface area contributed by atoms with Crippen LogP contribution in [0.1, 0.15) is 45.1 Å². The summed E-state index contributed by atoms with van der Waals surface area (Å²) in [5.41, 5.74) is 5.27. The van der Waals surface area contributed by atoms with Gasteiger partial charge in [0.2, 0.25) is 0 Å². The Hall–Kier alpha value is -1.90. The van der Waals surface area contributed by atoms with Gasteiger partial charge in [0.25, 0.3) is 0 Å². The molecular formula is C26H36N2. The molecule has 28 heavy (non-hydrogen) atoms. The Bertz CT molecular complexity index is 710. The Morgan fingerprint density at radius 3 is 2.11 bits per heavy atom. The molecule has 0 amide bonds. The number of allylic oxidation sites excluding steroid dienone is 1. The van der Waals surface area contributed by atoms with Crippen LogP contribution in [-0.4, -0.2) is 49.1 Å². The number of nitrogens with zero attached hydrogens (tertiary/aromatic N) is 2. The molecule has 0 aliphatic carbocycles. The van der Waals surface area contributed by atoms with Gasteiger partial charge in [-0.3, -0.25) is 4.90 Å². The molecule has 0 saturated carbocycles. The number of hydrogen-bond donors (Lipinski definition) is 0. The predicted molar refractivity (Wildman–Crippen MR) is 123 cm³/mol. The van der Waals surface area contributed by atoms with Gasteiger partial charge in [0, 0.05) is 32.7 Å². The Kier molecular flexibility index (Phi) is 8.32. The third kappa shape index (κ3) is 6.32. The average molecular weight is 377 g/mol. The summed E-state index contributed by atoms with van der Waals surface area (Å²) >= 11 is 0. The highest BCUT2D eigenvalue weighted by molar-refractivity contribution is 5.69. The topological polar surface area (TPSA) is 6.48 Å². The molecule has 1 heterocycles. The number of unbranched alkanes of at least 4 members (excludes halogenated alkanes) is 3. The second-order valence-corrected chi connectivity index (χ2v) is 8.03. The van der Waals surface area contributed by atoms with E-state index in [2.05, 4.69) is 84.3 Å². The fourth-order valence-corrected chi connectivity index (χ4v) is 3.90. The van der Waals surface area contributed by atoms with Gasteiger partial charge >= 0.3 is 0 Å². The van der Waals surface area contributed by atoms with E-state index in [0.29, 0.717) is 0 Å². The van der Waals surface area contributed by atoms with Gasteiger partial charge < -0.3 is 4.90 Å². The van der Waals surface area contributed by atoms with Crippen LogP contribution in [0.5, 0.6) is 0 Å². The fourth-order valence-electron chi connectivity index (χ4n) is 3.90. The molecule has 2 heteroatoms. The molecule has 0 aromatic heterocycles. The van der Waals surface area contributed by atoms with Gasteiger partial charge in [0.05, 0.1) is 0 Å². The summed E-state index contributed by atoms with van der Waals surface area (Å²) in [5.74, 6) is 0. The monoisotopic (exact) mass is 376 g/mol. The highest BCUT2D eigenvalue weighted by Crippen LogP contribution is 2.22. The Morgan fingerprint density at radius 2 is 1.43 bits per heavy atom. The molecule has 0 N–H and O–H groups in total. The van der Waals surface area contributed by atoms with Crippen molar-refractivity contribution in [2.24, 2.45) is 0 Å². The smallest absolute Gasteiger partial charge is 0.0170 e. The van der Waals surface area contributed by atoms with Gasteiger partial charge in [0.15, 0.2) is 0 Å². The van der Waals surface area contributed by atoms with Crippen molar-refractivity contribution < 1.29 is 0 Å². The van der Waals surface area contributed by atoms with Crippen molar-refractivity contribution in [2.75, 3.05) is 39.3 Å². The highest BCUT2D eigenvalue weighted by Gasteiger charge is 2.15. The zero-order valence-corrected chi connectivity index (χ0v) is 17.7. The molecule has 2 aromatic carbocycles. The van der Waals surface area contributed by atoms with Gasteiger partial charge in [-0.25, -0.2) is 0 Å². The molecule has 3 rings (SSSR count). The van der Waals surface area contributed by atoms with Crippen LogP contribution in [0, 0.1) is 0 Å². The summed E-state index contributed by atoms with van der Waals surface area (Å²) < 4.78 is 0. The van der Waals surface area contributed by atoms with Crippen LogP contribution in [0.3, 0.4) is 0 Å². The molecular weight excluding hydrogens is 340 g/mol. The second kappa shape index (κ2) is 11.2. The normalized spacial score (nSPS) is 16.4. The fraction of sp³-hybridized carbons (Fsp3) is 0.462. The summed E-state index contributed by atoms with van der Waals surface area (Å²) in [6.07, 6.45) is 7.87. The van der Waals surface area contributed by atoms with Gasteiger partial charge in [-0.15, -0.1) is 0 Å². The molecule has 1 saturated heterocycles. The highest BCUT2D eigenvalue weighted by atomic mass is 15.3. The van der Waals surface area contributed by atoms with Crippen LogP contribution in [-0.2, 0) is 0 Å². The first kappa shape index (κ1) is 20.8. The van der Waals surface area contributed by atoms with Crippen molar-refractivity contribution in [1.82, 2.24) is 9.80 Å². The molecule has 0 radical (unpaired) electrons. The molecule has 0 atom stereocenters. The maximum atomic E-state index is 2.64. The van der Waals surface area contributed by atoms with Crippen molar-refractivity contribution in [1.29, 1.82) is 0 Å². The van der Waals surface area contributed by atoms with E-state index in [1.165, 1.54) is 80.7 Å². The number of benzene rings is 2. The van der Waals surface area contributed by atoms with Crippen LogP contribution in [0.25, 0.3) is 16.7 Å². The molecule has 2 aromatic rings. The van der Waals surface area contributed by atoms with Crippen molar-refractivity contribution in [3.05, 3.63) is 66.2 Å².